The maximum atomic E-state index is 12.4. The molecule has 1 aromatic rings. The van der Waals surface area contributed by atoms with E-state index in [-0.39, 0.29) is 17.2 Å². The van der Waals surface area contributed by atoms with Crippen LogP contribution in [0.2, 0.25) is 0 Å². The first kappa shape index (κ1) is 17.2. The Balaban J connectivity index is 2.08. The molecule has 0 N–H and O–H groups in total. The van der Waals surface area contributed by atoms with E-state index in [0.717, 1.165) is 56.3 Å². The van der Waals surface area contributed by atoms with Crippen molar-refractivity contribution in [3.63, 3.8) is 0 Å². The molecule has 1 aliphatic heterocycles. The number of nitrogens with zero attached hydrogens (tertiary/aromatic N) is 2. The summed E-state index contributed by atoms with van der Waals surface area (Å²) in [4.78, 5) is 28.7. The van der Waals surface area contributed by atoms with Crippen LogP contribution in [0.15, 0.2) is 18.2 Å². The number of carbonyl (C=O) groups excluding carboxylic acids is 2. The number of carbonyl (C=O) groups is 2. The zero-order valence-electron chi connectivity index (χ0n) is 15.1. The number of Topliss-reactive ketones (excluding diaryl/α,β-unsaturated/α-hetero) is 1. The van der Waals surface area contributed by atoms with Gasteiger partial charge in [0.1, 0.15) is 0 Å². The van der Waals surface area contributed by atoms with Crippen molar-refractivity contribution in [1.82, 2.24) is 9.80 Å². The summed E-state index contributed by atoms with van der Waals surface area (Å²) in [5.41, 5.74) is 2.97. The van der Waals surface area contributed by atoms with Crippen LogP contribution < -0.4 is 0 Å². The fourth-order valence-electron chi connectivity index (χ4n) is 4.51. The first-order valence-corrected chi connectivity index (χ1v) is 9.03. The van der Waals surface area contributed by atoms with Crippen molar-refractivity contribution in [2.75, 3.05) is 27.2 Å². The largest absolute Gasteiger partial charge is 0.332 e. The average Bonchev–Trinajstić information content (AvgIpc) is 2.54. The van der Waals surface area contributed by atoms with Crippen molar-refractivity contribution < 1.29 is 9.59 Å². The topological polar surface area (TPSA) is 40.6 Å². The van der Waals surface area contributed by atoms with Crippen LogP contribution in [0, 0.1) is 0 Å². The number of likely N-dealkylation sites (tertiary alicyclic amines) is 1. The highest BCUT2D eigenvalue weighted by molar-refractivity contribution is 5.98. The summed E-state index contributed by atoms with van der Waals surface area (Å²) < 4.78 is 0. The molecule has 0 radical (unpaired) electrons. The van der Waals surface area contributed by atoms with Crippen LogP contribution in [0.5, 0.6) is 0 Å². The number of hydrogen-bond donors (Lipinski definition) is 0. The van der Waals surface area contributed by atoms with Gasteiger partial charge in [0.2, 0.25) is 5.91 Å². The number of fused-ring (bicyclic) bond motifs is 1. The third-order valence-electron chi connectivity index (χ3n) is 5.49. The molecular weight excluding hydrogens is 300 g/mol. The molecule has 2 aliphatic rings. The van der Waals surface area contributed by atoms with E-state index in [4.69, 9.17) is 0 Å². The van der Waals surface area contributed by atoms with Crippen LogP contribution in [0.1, 0.15) is 60.5 Å². The second-order valence-electron chi connectivity index (χ2n) is 7.55. The number of amides is 1. The van der Waals surface area contributed by atoms with Gasteiger partial charge in [0.25, 0.3) is 0 Å². The summed E-state index contributed by atoms with van der Waals surface area (Å²) in [5, 5.41) is 0. The Morgan fingerprint density at radius 2 is 2.00 bits per heavy atom. The Morgan fingerprint density at radius 1 is 1.21 bits per heavy atom. The number of ketones is 1. The Morgan fingerprint density at radius 3 is 2.71 bits per heavy atom. The molecule has 4 nitrogen and oxygen atoms in total. The standard InChI is InChI=1S/C20H28N2O2/c1-15(23)22-12-5-4-11-20(22,14-21(2)3)17-9-10-18-16(13-17)7-6-8-19(18)24/h9-10,13H,4-8,11-12,14H2,1-3H3/t20-/m0/s1. The molecular formula is C20H28N2O2. The second kappa shape index (κ2) is 6.67. The predicted molar refractivity (Wildman–Crippen MR) is 95.2 cm³/mol. The first-order chi connectivity index (χ1) is 11.4. The van der Waals surface area contributed by atoms with Crippen LogP contribution >= 0.6 is 0 Å². The highest BCUT2D eigenvalue weighted by atomic mass is 16.2. The fraction of sp³-hybridized carbons (Fsp3) is 0.600. The minimum Gasteiger partial charge on any atom is -0.332 e. The van der Waals surface area contributed by atoms with Crippen molar-refractivity contribution in [2.24, 2.45) is 0 Å². The summed E-state index contributed by atoms with van der Waals surface area (Å²) >= 11 is 0. The van der Waals surface area contributed by atoms with Gasteiger partial charge in [-0.1, -0.05) is 18.2 Å². The van der Waals surface area contributed by atoms with Gasteiger partial charge in [-0.3, -0.25) is 9.59 Å². The molecule has 1 heterocycles. The molecule has 1 saturated heterocycles. The van der Waals surface area contributed by atoms with E-state index < -0.39 is 0 Å². The summed E-state index contributed by atoms with van der Waals surface area (Å²) in [7, 11) is 4.13. The molecule has 1 aliphatic carbocycles. The number of benzene rings is 1. The molecule has 1 atom stereocenters. The SMILES string of the molecule is CC(=O)N1CCCC[C@]1(CN(C)C)c1ccc2c(c1)CCCC2=O. The molecule has 4 heteroatoms. The third-order valence-corrected chi connectivity index (χ3v) is 5.49. The summed E-state index contributed by atoms with van der Waals surface area (Å²) in [6.45, 7) is 3.32. The van der Waals surface area contributed by atoms with Crippen molar-refractivity contribution >= 4 is 11.7 Å². The number of hydrogen-bond acceptors (Lipinski definition) is 3. The summed E-state index contributed by atoms with van der Waals surface area (Å²) in [5.74, 6) is 0.405. The van der Waals surface area contributed by atoms with E-state index in [1.54, 1.807) is 6.92 Å². The van der Waals surface area contributed by atoms with Gasteiger partial charge < -0.3 is 9.80 Å². The molecule has 0 aromatic heterocycles. The molecule has 0 saturated carbocycles. The zero-order chi connectivity index (χ0) is 17.3. The molecule has 130 valence electrons. The molecule has 1 amide bonds. The van der Waals surface area contributed by atoms with Crippen LogP contribution in [-0.2, 0) is 16.8 Å². The van der Waals surface area contributed by atoms with E-state index in [2.05, 4.69) is 36.0 Å². The third kappa shape index (κ3) is 3.00. The van der Waals surface area contributed by atoms with E-state index in [1.165, 1.54) is 5.56 Å². The smallest absolute Gasteiger partial charge is 0.220 e. The van der Waals surface area contributed by atoms with Crippen molar-refractivity contribution in [2.45, 2.75) is 51.0 Å². The predicted octanol–water partition coefficient (Wildman–Crippen LogP) is 2.99. The van der Waals surface area contributed by atoms with Crippen LogP contribution in [0.3, 0.4) is 0 Å². The molecule has 3 rings (SSSR count). The monoisotopic (exact) mass is 328 g/mol. The van der Waals surface area contributed by atoms with Gasteiger partial charge in [0.15, 0.2) is 5.78 Å². The van der Waals surface area contributed by atoms with Gasteiger partial charge in [-0.2, -0.15) is 0 Å². The van der Waals surface area contributed by atoms with Gasteiger partial charge in [-0.25, -0.2) is 0 Å². The van der Waals surface area contributed by atoms with Gasteiger partial charge in [0.05, 0.1) is 5.54 Å². The van der Waals surface area contributed by atoms with Crippen LogP contribution in [0.4, 0.5) is 0 Å². The van der Waals surface area contributed by atoms with Gasteiger partial charge in [-0.15, -0.1) is 0 Å². The lowest BCUT2D eigenvalue weighted by Gasteiger charge is -2.49. The van der Waals surface area contributed by atoms with Crippen molar-refractivity contribution in [3.05, 3.63) is 34.9 Å². The number of aryl methyl sites for hydroxylation is 1. The van der Waals surface area contributed by atoms with Gasteiger partial charge >= 0.3 is 0 Å². The Labute approximate surface area is 144 Å². The fourth-order valence-corrected chi connectivity index (χ4v) is 4.51. The molecule has 0 spiro atoms. The Bertz CT molecular complexity index is 653. The zero-order valence-corrected chi connectivity index (χ0v) is 15.1. The quantitative estimate of drug-likeness (QED) is 0.856. The van der Waals surface area contributed by atoms with Crippen LogP contribution in [-0.4, -0.2) is 48.7 Å². The van der Waals surface area contributed by atoms with Crippen molar-refractivity contribution in [3.8, 4) is 0 Å². The van der Waals surface area contributed by atoms with E-state index in [9.17, 15) is 9.59 Å². The van der Waals surface area contributed by atoms with Crippen molar-refractivity contribution in [1.29, 1.82) is 0 Å². The summed E-state index contributed by atoms with van der Waals surface area (Å²) in [6, 6.07) is 6.29. The number of piperidine rings is 1. The number of likely N-dealkylation sites (N-methyl/N-ethyl adjacent to an activating group) is 1. The minimum atomic E-state index is -0.275. The normalized spacial score (nSPS) is 24.2. The first-order valence-electron chi connectivity index (χ1n) is 9.03. The summed E-state index contributed by atoms with van der Waals surface area (Å²) in [6.07, 6.45) is 5.75. The molecule has 24 heavy (non-hydrogen) atoms. The Hall–Kier alpha value is -1.68. The van der Waals surface area contributed by atoms with E-state index in [0.29, 0.717) is 6.42 Å². The van der Waals surface area contributed by atoms with Crippen LogP contribution in [0.25, 0.3) is 0 Å². The highest BCUT2D eigenvalue weighted by Gasteiger charge is 2.42. The molecule has 0 unspecified atom stereocenters. The maximum absolute atomic E-state index is 12.4. The van der Waals surface area contributed by atoms with Gasteiger partial charge in [0, 0.05) is 32.0 Å². The Kier molecular flexibility index (Phi) is 4.77. The average molecular weight is 328 g/mol. The molecule has 1 fully saturated rings. The number of rotatable bonds is 3. The molecule has 0 bridgehead atoms. The van der Waals surface area contributed by atoms with E-state index in [1.807, 2.05) is 6.07 Å². The highest BCUT2D eigenvalue weighted by Crippen LogP contribution is 2.40. The lowest BCUT2D eigenvalue weighted by atomic mass is 9.77. The van der Waals surface area contributed by atoms with Gasteiger partial charge in [-0.05, 0) is 57.3 Å². The lowest BCUT2D eigenvalue weighted by Crippen LogP contribution is -2.56. The molecule has 1 aromatic carbocycles. The minimum absolute atomic E-state index is 0.144. The second-order valence-corrected chi connectivity index (χ2v) is 7.55. The maximum Gasteiger partial charge on any atom is 0.220 e. The van der Waals surface area contributed by atoms with E-state index >= 15 is 0 Å². The lowest BCUT2D eigenvalue weighted by molar-refractivity contribution is -0.139.